The summed E-state index contributed by atoms with van der Waals surface area (Å²) in [7, 11) is 0. The Balaban J connectivity index is 2.26. The molecule has 1 fully saturated rings. The van der Waals surface area contributed by atoms with Crippen LogP contribution in [-0.4, -0.2) is 24.3 Å². The molecule has 0 bridgehead atoms. The van der Waals surface area contributed by atoms with Gasteiger partial charge in [-0.25, -0.2) is 0 Å². The van der Waals surface area contributed by atoms with E-state index < -0.39 is 6.61 Å². The normalized spacial score (nSPS) is 19.7. The Labute approximate surface area is 109 Å². The smallest absolute Gasteiger partial charge is 0.387 e. The summed E-state index contributed by atoms with van der Waals surface area (Å²) in [5.41, 5.74) is 1.17. The van der Waals surface area contributed by atoms with E-state index in [1.54, 1.807) is 19.1 Å². The number of benzene rings is 1. The van der Waals surface area contributed by atoms with Crippen molar-refractivity contribution in [3.05, 3.63) is 23.8 Å². The van der Waals surface area contributed by atoms with E-state index in [9.17, 15) is 13.6 Å². The topological polar surface area (TPSA) is 29.5 Å². The van der Waals surface area contributed by atoms with Gasteiger partial charge < -0.3 is 9.64 Å². The number of halogens is 2. The lowest BCUT2D eigenvalue weighted by molar-refractivity contribution is -0.117. The maximum atomic E-state index is 12.2. The standard InChI is InChI=1S/C12H13F2NO2S/c1-7-2-3-8(4-10(7)17-12(13)14)15-6-9(18)5-11(15)16/h2-4,9,12,18H,5-6H2,1H3. The summed E-state index contributed by atoms with van der Waals surface area (Å²) in [6.45, 7) is -0.709. The molecule has 1 aliphatic rings. The third-order valence-corrected chi connectivity index (χ3v) is 3.15. The highest BCUT2D eigenvalue weighted by atomic mass is 32.1. The number of hydrogen-bond acceptors (Lipinski definition) is 3. The second-order valence-electron chi connectivity index (χ2n) is 4.19. The van der Waals surface area contributed by atoms with E-state index in [2.05, 4.69) is 17.4 Å². The molecule has 1 aromatic carbocycles. The van der Waals surface area contributed by atoms with Crippen molar-refractivity contribution in [2.24, 2.45) is 0 Å². The fourth-order valence-electron chi connectivity index (χ4n) is 1.92. The molecule has 1 unspecified atom stereocenters. The molecule has 1 heterocycles. The van der Waals surface area contributed by atoms with Crippen LogP contribution in [0.25, 0.3) is 0 Å². The fraction of sp³-hybridized carbons (Fsp3) is 0.417. The van der Waals surface area contributed by atoms with Gasteiger partial charge in [-0.15, -0.1) is 0 Å². The zero-order chi connectivity index (χ0) is 13.3. The number of rotatable bonds is 3. The van der Waals surface area contributed by atoms with Gasteiger partial charge in [-0.3, -0.25) is 4.79 Å². The largest absolute Gasteiger partial charge is 0.434 e. The average Bonchev–Trinajstić information content (AvgIpc) is 2.60. The first kappa shape index (κ1) is 13.1. The molecule has 18 heavy (non-hydrogen) atoms. The summed E-state index contributed by atoms with van der Waals surface area (Å²) in [6, 6.07) is 4.84. The molecule has 0 spiro atoms. The first-order chi connectivity index (χ1) is 8.47. The molecule has 1 saturated heterocycles. The highest BCUT2D eigenvalue weighted by Crippen LogP contribution is 2.30. The van der Waals surface area contributed by atoms with E-state index in [1.165, 1.54) is 11.0 Å². The summed E-state index contributed by atoms with van der Waals surface area (Å²) in [6.07, 6.45) is 0.363. The Morgan fingerprint density at radius 1 is 1.50 bits per heavy atom. The summed E-state index contributed by atoms with van der Waals surface area (Å²) >= 11 is 4.25. The van der Waals surface area contributed by atoms with Crippen LogP contribution < -0.4 is 9.64 Å². The van der Waals surface area contributed by atoms with E-state index in [-0.39, 0.29) is 16.9 Å². The Kier molecular flexibility index (Phi) is 3.75. The van der Waals surface area contributed by atoms with Gasteiger partial charge >= 0.3 is 6.61 Å². The molecule has 6 heteroatoms. The minimum atomic E-state index is -2.87. The molecule has 1 amide bonds. The number of carbonyl (C=O) groups is 1. The zero-order valence-electron chi connectivity index (χ0n) is 9.77. The van der Waals surface area contributed by atoms with Gasteiger partial charge in [0.1, 0.15) is 5.75 Å². The van der Waals surface area contributed by atoms with E-state index in [1.807, 2.05) is 0 Å². The molecule has 0 aromatic heterocycles. The van der Waals surface area contributed by atoms with E-state index >= 15 is 0 Å². The first-order valence-corrected chi connectivity index (χ1v) is 6.03. The van der Waals surface area contributed by atoms with Crippen LogP contribution in [0.2, 0.25) is 0 Å². The minimum Gasteiger partial charge on any atom is -0.434 e. The highest BCUT2D eigenvalue weighted by molar-refractivity contribution is 7.81. The van der Waals surface area contributed by atoms with Crippen LogP contribution in [0.4, 0.5) is 14.5 Å². The van der Waals surface area contributed by atoms with Crippen molar-refractivity contribution in [3.8, 4) is 5.75 Å². The van der Waals surface area contributed by atoms with Gasteiger partial charge in [0, 0.05) is 30.0 Å². The van der Waals surface area contributed by atoms with Gasteiger partial charge in [-0.05, 0) is 18.6 Å². The van der Waals surface area contributed by atoms with Crippen LogP contribution in [0.3, 0.4) is 0 Å². The summed E-state index contributed by atoms with van der Waals surface area (Å²) in [5, 5.41) is -0.0155. The van der Waals surface area contributed by atoms with Crippen LogP contribution in [0, 0.1) is 6.92 Å². The molecule has 2 rings (SSSR count). The molecule has 0 N–H and O–H groups in total. The van der Waals surface area contributed by atoms with Gasteiger partial charge in [0.15, 0.2) is 0 Å². The lowest BCUT2D eigenvalue weighted by atomic mass is 10.2. The Morgan fingerprint density at radius 2 is 2.22 bits per heavy atom. The van der Waals surface area contributed by atoms with Crippen molar-refractivity contribution in [2.75, 3.05) is 11.4 Å². The molecule has 0 aliphatic carbocycles. The monoisotopic (exact) mass is 273 g/mol. The third-order valence-electron chi connectivity index (χ3n) is 2.80. The van der Waals surface area contributed by atoms with E-state index in [0.717, 1.165) is 0 Å². The molecule has 3 nitrogen and oxygen atoms in total. The van der Waals surface area contributed by atoms with Gasteiger partial charge in [-0.2, -0.15) is 21.4 Å². The number of nitrogens with zero attached hydrogens (tertiary/aromatic N) is 1. The zero-order valence-corrected chi connectivity index (χ0v) is 10.7. The van der Waals surface area contributed by atoms with Crippen LogP contribution in [0.1, 0.15) is 12.0 Å². The number of carbonyl (C=O) groups excluding carboxylic acids is 1. The maximum Gasteiger partial charge on any atom is 0.387 e. The second kappa shape index (κ2) is 5.14. The number of thiol groups is 1. The molecule has 0 radical (unpaired) electrons. The van der Waals surface area contributed by atoms with Crippen molar-refractivity contribution in [1.29, 1.82) is 0 Å². The predicted molar refractivity (Wildman–Crippen MR) is 67.6 cm³/mol. The number of alkyl halides is 2. The van der Waals surface area contributed by atoms with Gasteiger partial charge in [-0.1, -0.05) is 6.07 Å². The summed E-state index contributed by atoms with van der Waals surface area (Å²) in [4.78, 5) is 13.2. The van der Waals surface area contributed by atoms with Crippen molar-refractivity contribution in [3.63, 3.8) is 0 Å². The number of amides is 1. The Hall–Kier alpha value is -1.30. The molecule has 98 valence electrons. The van der Waals surface area contributed by atoms with Gasteiger partial charge in [0.2, 0.25) is 5.91 Å². The second-order valence-corrected chi connectivity index (χ2v) is 4.92. The maximum absolute atomic E-state index is 12.2. The number of anilines is 1. The Bertz CT molecular complexity index is 467. The van der Waals surface area contributed by atoms with Crippen molar-refractivity contribution in [1.82, 2.24) is 0 Å². The first-order valence-electron chi connectivity index (χ1n) is 5.51. The van der Waals surface area contributed by atoms with Gasteiger partial charge in [0.25, 0.3) is 0 Å². The lowest BCUT2D eigenvalue weighted by Gasteiger charge is -2.18. The molecular weight excluding hydrogens is 260 g/mol. The summed E-state index contributed by atoms with van der Waals surface area (Å²) in [5.74, 6) is 0.0414. The van der Waals surface area contributed by atoms with Crippen LogP contribution in [0.15, 0.2) is 18.2 Å². The quantitative estimate of drug-likeness (QED) is 0.858. The fourth-order valence-corrected chi connectivity index (χ4v) is 2.24. The molecule has 1 aliphatic heterocycles. The van der Waals surface area contributed by atoms with Crippen molar-refractivity contribution < 1.29 is 18.3 Å². The van der Waals surface area contributed by atoms with Crippen molar-refractivity contribution in [2.45, 2.75) is 25.2 Å². The van der Waals surface area contributed by atoms with E-state index in [0.29, 0.717) is 24.2 Å². The Morgan fingerprint density at radius 3 is 2.78 bits per heavy atom. The van der Waals surface area contributed by atoms with Crippen LogP contribution >= 0.6 is 12.6 Å². The van der Waals surface area contributed by atoms with E-state index in [4.69, 9.17) is 0 Å². The molecular formula is C12H13F2NO2S. The van der Waals surface area contributed by atoms with Gasteiger partial charge in [0.05, 0.1) is 0 Å². The third kappa shape index (κ3) is 2.75. The van der Waals surface area contributed by atoms with Crippen molar-refractivity contribution >= 4 is 24.2 Å². The number of ether oxygens (including phenoxy) is 1. The summed E-state index contributed by atoms with van der Waals surface area (Å²) < 4.78 is 28.9. The highest BCUT2D eigenvalue weighted by Gasteiger charge is 2.28. The van der Waals surface area contributed by atoms with Crippen LogP contribution in [-0.2, 0) is 4.79 Å². The lowest BCUT2D eigenvalue weighted by Crippen LogP contribution is -2.24. The molecule has 0 saturated carbocycles. The average molecular weight is 273 g/mol. The SMILES string of the molecule is Cc1ccc(N2CC(S)CC2=O)cc1OC(F)F. The molecule has 1 atom stereocenters. The predicted octanol–water partition coefficient (Wildman–Crippen LogP) is 2.63. The number of hydrogen-bond donors (Lipinski definition) is 1. The number of aryl methyl sites for hydroxylation is 1. The van der Waals surface area contributed by atoms with Crippen LogP contribution in [0.5, 0.6) is 5.75 Å². The minimum absolute atomic E-state index is 0.0155. The molecule has 1 aromatic rings.